The van der Waals surface area contributed by atoms with Gasteiger partial charge < -0.3 is 11.1 Å². The SMILES string of the molecule is CCC(CC)C(=O)Nc1ccc(C#CCN)cc1C. The van der Waals surface area contributed by atoms with Gasteiger partial charge in [0.25, 0.3) is 0 Å². The standard InChI is InChI=1S/C16H22N2O/c1-4-14(5-2)16(19)18-15-9-8-13(7-6-10-17)11-12(15)3/h8-9,11,14H,4-5,10,17H2,1-3H3,(H,18,19). The van der Waals surface area contributed by atoms with Gasteiger partial charge in [-0.3, -0.25) is 4.79 Å². The van der Waals surface area contributed by atoms with Gasteiger partial charge in [-0.1, -0.05) is 25.7 Å². The molecule has 0 spiro atoms. The van der Waals surface area contributed by atoms with E-state index in [4.69, 9.17) is 5.73 Å². The molecule has 0 fully saturated rings. The highest BCUT2D eigenvalue weighted by atomic mass is 16.1. The molecule has 0 heterocycles. The van der Waals surface area contributed by atoms with Crippen molar-refractivity contribution in [2.75, 3.05) is 11.9 Å². The molecule has 0 saturated heterocycles. The van der Waals surface area contributed by atoms with Gasteiger partial charge in [-0.25, -0.2) is 0 Å². The third kappa shape index (κ3) is 4.42. The summed E-state index contributed by atoms with van der Waals surface area (Å²) in [5, 5.41) is 2.98. The Kier molecular flexibility index (Phi) is 6.11. The number of amides is 1. The van der Waals surface area contributed by atoms with Crippen molar-refractivity contribution in [1.82, 2.24) is 0 Å². The first kappa shape index (κ1) is 15.3. The fourth-order valence-corrected chi connectivity index (χ4v) is 1.93. The molecular formula is C16H22N2O. The van der Waals surface area contributed by atoms with Crippen LogP contribution in [0.15, 0.2) is 18.2 Å². The summed E-state index contributed by atoms with van der Waals surface area (Å²) in [6, 6.07) is 5.76. The molecule has 102 valence electrons. The molecule has 1 aromatic rings. The Balaban J connectivity index is 2.83. The Morgan fingerprint density at radius 3 is 2.58 bits per heavy atom. The molecule has 0 bridgehead atoms. The minimum Gasteiger partial charge on any atom is -0.326 e. The molecule has 3 heteroatoms. The van der Waals surface area contributed by atoms with Crippen LogP contribution in [0.2, 0.25) is 0 Å². The number of nitrogens with one attached hydrogen (secondary N) is 1. The predicted molar refractivity (Wildman–Crippen MR) is 79.8 cm³/mol. The summed E-state index contributed by atoms with van der Waals surface area (Å²) in [5.41, 5.74) is 8.14. The summed E-state index contributed by atoms with van der Waals surface area (Å²) in [6.07, 6.45) is 1.73. The predicted octanol–water partition coefficient (Wildman–Crippen LogP) is 2.68. The molecule has 0 unspecified atom stereocenters. The number of carbonyl (C=O) groups excluding carboxylic acids is 1. The topological polar surface area (TPSA) is 55.1 Å². The highest BCUT2D eigenvalue weighted by Gasteiger charge is 2.14. The number of rotatable bonds is 4. The molecule has 0 aliphatic heterocycles. The van der Waals surface area contributed by atoms with Gasteiger partial charge >= 0.3 is 0 Å². The minimum absolute atomic E-state index is 0.0797. The highest BCUT2D eigenvalue weighted by Crippen LogP contribution is 2.18. The van der Waals surface area contributed by atoms with E-state index in [2.05, 4.69) is 17.2 Å². The van der Waals surface area contributed by atoms with Gasteiger partial charge in [0.15, 0.2) is 0 Å². The van der Waals surface area contributed by atoms with Crippen LogP contribution in [0.1, 0.15) is 37.8 Å². The molecule has 3 nitrogen and oxygen atoms in total. The fourth-order valence-electron chi connectivity index (χ4n) is 1.93. The first-order valence-electron chi connectivity index (χ1n) is 6.72. The largest absolute Gasteiger partial charge is 0.326 e. The number of nitrogens with two attached hydrogens (primary N) is 1. The quantitative estimate of drug-likeness (QED) is 0.816. The second-order valence-electron chi connectivity index (χ2n) is 4.54. The molecule has 0 radical (unpaired) electrons. The van der Waals surface area contributed by atoms with E-state index in [1.165, 1.54) is 0 Å². The first-order chi connectivity index (χ1) is 9.12. The lowest BCUT2D eigenvalue weighted by Crippen LogP contribution is -2.22. The Morgan fingerprint density at radius 1 is 1.37 bits per heavy atom. The lowest BCUT2D eigenvalue weighted by molar-refractivity contribution is -0.120. The second kappa shape index (κ2) is 7.60. The molecule has 1 aromatic carbocycles. The van der Waals surface area contributed by atoms with Crippen molar-refractivity contribution >= 4 is 11.6 Å². The summed E-state index contributed by atoms with van der Waals surface area (Å²) in [5.74, 6) is 5.97. The average Bonchev–Trinajstić information content (AvgIpc) is 2.40. The third-order valence-electron chi connectivity index (χ3n) is 3.18. The molecule has 0 aliphatic carbocycles. The second-order valence-corrected chi connectivity index (χ2v) is 4.54. The van der Waals surface area contributed by atoms with Crippen LogP contribution in [0, 0.1) is 24.7 Å². The van der Waals surface area contributed by atoms with Crippen LogP contribution in [0.3, 0.4) is 0 Å². The summed E-state index contributed by atoms with van der Waals surface area (Å²) >= 11 is 0. The van der Waals surface area contributed by atoms with Gasteiger partial charge in [0.2, 0.25) is 5.91 Å². The molecule has 0 saturated carbocycles. The van der Waals surface area contributed by atoms with Gasteiger partial charge in [0.05, 0.1) is 6.54 Å². The van der Waals surface area contributed by atoms with Crippen molar-refractivity contribution in [3.05, 3.63) is 29.3 Å². The highest BCUT2D eigenvalue weighted by molar-refractivity contribution is 5.93. The molecular weight excluding hydrogens is 236 g/mol. The van der Waals surface area contributed by atoms with Crippen molar-refractivity contribution in [3.8, 4) is 11.8 Å². The zero-order valence-corrected chi connectivity index (χ0v) is 11.9. The number of benzene rings is 1. The van der Waals surface area contributed by atoms with Crippen LogP contribution in [0.25, 0.3) is 0 Å². The smallest absolute Gasteiger partial charge is 0.227 e. The van der Waals surface area contributed by atoms with Crippen LogP contribution >= 0.6 is 0 Å². The van der Waals surface area contributed by atoms with E-state index >= 15 is 0 Å². The van der Waals surface area contributed by atoms with Gasteiger partial charge in [-0.15, -0.1) is 0 Å². The van der Waals surface area contributed by atoms with E-state index in [9.17, 15) is 4.79 Å². The van der Waals surface area contributed by atoms with Crippen molar-refractivity contribution in [2.45, 2.75) is 33.6 Å². The molecule has 0 aromatic heterocycles. The maximum atomic E-state index is 12.0. The van der Waals surface area contributed by atoms with E-state index in [0.29, 0.717) is 6.54 Å². The average molecular weight is 258 g/mol. The Bertz CT molecular complexity index is 493. The van der Waals surface area contributed by atoms with Gasteiger partial charge in [-0.05, 0) is 43.5 Å². The summed E-state index contributed by atoms with van der Waals surface area (Å²) in [7, 11) is 0. The molecule has 0 aliphatic rings. The monoisotopic (exact) mass is 258 g/mol. The minimum atomic E-state index is 0.0797. The van der Waals surface area contributed by atoms with Crippen LogP contribution in [0.4, 0.5) is 5.69 Å². The van der Waals surface area contributed by atoms with E-state index in [1.54, 1.807) is 0 Å². The maximum absolute atomic E-state index is 12.0. The van der Waals surface area contributed by atoms with Crippen molar-refractivity contribution < 1.29 is 4.79 Å². The van der Waals surface area contributed by atoms with Gasteiger partial charge in [-0.2, -0.15) is 0 Å². The number of aryl methyl sites for hydroxylation is 1. The van der Waals surface area contributed by atoms with E-state index in [0.717, 1.165) is 29.7 Å². The number of hydrogen-bond donors (Lipinski definition) is 2. The Labute approximate surface area is 115 Å². The lowest BCUT2D eigenvalue weighted by atomic mass is 10.0. The molecule has 1 rings (SSSR count). The zero-order valence-electron chi connectivity index (χ0n) is 11.9. The van der Waals surface area contributed by atoms with E-state index in [1.807, 2.05) is 39.0 Å². The molecule has 3 N–H and O–H groups in total. The zero-order chi connectivity index (χ0) is 14.3. The Hall–Kier alpha value is -1.79. The van der Waals surface area contributed by atoms with Gasteiger partial charge in [0, 0.05) is 17.2 Å². The lowest BCUT2D eigenvalue weighted by Gasteiger charge is -2.14. The molecule has 0 atom stereocenters. The van der Waals surface area contributed by atoms with Crippen molar-refractivity contribution in [3.63, 3.8) is 0 Å². The van der Waals surface area contributed by atoms with Crippen LogP contribution in [-0.2, 0) is 4.79 Å². The Morgan fingerprint density at radius 2 is 2.05 bits per heavy atom. The van der Waals surface area contributed by atoms with Crippen LogP contribution < -0.4 is 11.1 Å². The summed E-state index contributed by atoms with van der Waals surface area (Å²) < 4.78 is 0. The van der Waals surface area contributed by atoms with Crippen LogP contribution in [0.5, 0.6) is 0 Å². The number of anilines is 1. The molecule has 1 amide bonds. The fraction of sp³-hybridized carbons (Fsp3) is 0.438. The molecule has 19 heavy (non-hydrogen) atoms. The summed E-state index contributed by atoms with van der Waals surface area (Å²) in [4.78, 5) is 12.0. The van der Waals surface area contributed by atoms with Crippen molar-refractivity contribution in [2.24, 2.45) is 11.7 Å². The number of carbonyl (C=O) groups is 1. The van der Waals surface area contributed by atoms with E-state index in [-0.39, 0.29) is 11.8 Å². The summed E-state index contributed by atoms with van der Waals surface area (Å²) in [6.45, 7) is 6.39. The van der Waals surface area contributed by atoms with Crippen LogP contribution in [-0.4, -0.2) is 12.5 Å². The van der Waals surface area contributed by atoms with E-state index < -0.39 is 0 Å². The first-order valence-corrected chi connectivity index (χ1v) is 6.72. The normalized spacial score (nSPS) is 9.95. The number of hydrogen-bond acceptors (Lipinski definition) is 2. The maximum Gasteiger partial charge on any atom is 0.227 e. The third-order valence-corrected chi connectivity index (χ3v) is 3.18. The van der Waals surface area contributed by atoms with Crippen molar-refractivity contribution in [1.29, 1.82) is 0 Å². The van der Waals surface area contributed by atoms with Gasteiger partial charge in [0.1, 0.15) is 0 Å².